The maximum atomic E-state index is 13.5. The lowest BCUT2D eigenvalue weighted by atomic mass is 10.1. The maximum absolute atomic E-state index is 13.5. The number of hydrogen-bond donors (Lipinski definition) is 1. The average molecular weight is 518 g/mol. The van der Waals surface area contributed by atoms with Gasteiger partial charge in [0.15, 0.2) is 0 Å². The van der Waals surface area contributed by atoms with Gasteiger partial charge in [0, 0.05) is 15.8 Å². The zero-order chi connectivity index (χ0) is 23.4. The quantitative estimate of drug-likeness (QED) is 0.341. The van der Waals surface area contributed by atoms with Crippen molar-refractivity contribution in [1.82, 2.24) is 0 Å². The zero-order valence-electron chi connectivity index (χ0n) is 17.8. The fourth-order valence-electron chi connectivity index (χ4n) is 3.58. The number of para-hydroxylation sites is 1. The number of halogens is 1. The van der Waals surface area contributed by atoms with Gasteiger partial charge in [0.1, 0.15) is 16.7 Å². The van der Waals surface area contributed by atoms with Gasteiger partial charge in [-0.2, -0.15) is 5.26 Å². The van der Waals surface area contributed by atoms with Gasteiger partial charge >= 0.3 is 0 Å². The summed E-state index contributed by atoms with van der Waals surface area (Å²) in [5, 5.41) is 12.6. The molecule has 0 aliphatic carbocycles. The van der Waals surface area contributed by atoms with E-state index < -0.39 is 11.2 Å². The van der Waals surface area contributed by atoms with E-state index in [1.165, 1.54) is 16.7 Å². The first-order valence-corrected chi connectivity index (χ1v) is 12.0. The van der Waals surface area contributed by atoms with Crippen molar-refractivity contribution < 1.29 is 9.59 Å². The van der Waals surface area contributed by atoms with Crippen LogP contribution in [0.4, 0.5) is 11.4 Å². The molecule has 0 radical (unpaired) electrons. The summed E-state index contributed by atoms with van der Waals surface area (Å²) in [6.45, 7) is 2.01. The molecule has 1 N–H and O–H groups in total. The number of nitriles is 1. The Morgan fingerprint density at radius 3 is 2.48 bits per heavy atom. The van der Waals surface area contributed by atoms with Crippen LogP contribution in [-0.4, -0.2) is 17.1 Å². The number of nitrogens with zero attached hydrogens (tertiary/aromatic N) is 2. The summed E-state index contributed by atoms with van der Waals surface area (Å²) in [5.41, 5.74) is 3.25. The Hall–Kier alpha value is -3.34. The Morgan fingerprint density at radius 1 is 1.09 bits per heavy atom. The van der Waals surface area contributed by atoms with Crippen LogP contribution in [0.3, 0.4) is 0 Å². The molecule has 0 saturated carbocycles. The predicted molar refractivity (Wildman–Crippen MR) is 136 cm³/mol. The van der Waals surface area contributed by atoms with Gasteiger partial charge in [0.25, 0.3) is 5.91 Å². The van der Waals surface area contributed by atoms with E-state index in [-0.39, 0.29) is 11.5 Å². The fourth-order valence-corrected chi connectivity index (χ4v) is 5.15. The average Bonchev–Trinajstić information content (AvgIpc) is 3.12. The number of thioether (sulfide) groups is 1. The van der Waals surface area contributed by atoms with Crippen molar-refractivity contribution in [3.63, 3.8) is 0 Å². The molecule has 0 bridgehead atoms. The number of anilines is 2. The van der Waals surface area contributed by atoms with Crippen molar-refractivity contribution in [3.8, 4) is 6.07 Å². The molecular formula is C26H20BrN3O2S. The van der Waals surface area contributed by atoms with Gasteiger partial charge < -0.3 is 5.32 Å². The first-order valence-electron chi connectivity index (χ1n) is 10.3. The van der Waals surface area contributed by atoms with Crippen molar-refractivity contribution in [1.29, 1.82) is 5.26 Å². The third kappa shape index (κ3) is 5.19. The molecule has 1 saturated heterocycles. The highest BCUT2D eigenvalue weighted by atomic mass is 79.9. The van der Waals surface area contributed by atoms with E-state index in [9.17, 15) is 14.9 Å². The van der Waals surface area contributed by atoms with Crippen LogP contribution in [0.1, 0.15) is 11.1 Å². The van der Waals surface area contributed by atoms with Crippen molar-refractivity contribution >= 4 is 50.9 Å². The van der Waals surface area contributed by atoms with Crippen molar-refractivity contribution in [2.75, 3.05) is 10.2 Å². The van der Waals surface area contributed by atoms with Crippen molar-refractivity contribution in [2.24, 2.45) is 0 Å². The lowest BCUT2D eigenvalue weighted by molar-refractivity contribution is -0.117. The van der Waals surface area contributed by atoms with E-state index >= 15 is 0 Å². The highest BCUT2D eigenvalue weighted by Crippen LogP contribution is 2.42. The number of amides is 2. The van der Waals surface area contributed by atoms with Crippen LogP contribution in [0.15, 0.2) is 93.9 Å². The summed E-state index contributed by atoms with van der Waals surface area (Å²) in [4.78, 5) is 28.0. The van der Waals surface area contributed by atoms with Crippen LogP contribution in [0, 0.1) is 18.3 Å². The Labute approximate surface area is 205 Å². The number of nitrogens with one attached hydrogen (secondary N) is 1. The summed E-state index contributed by atoms with van der Waals surface area (Å²) >= 11 is 4.63. The van der Waals surface area contributed by atoms with Crippen LogP contribution in [0.5, 0.6) is 0 Å². The first kappa shape index (κ1) is 22.8. The molecule has 7 heteroatoms. The van der Waals surface area contributed by atoms with Gasteiger partial charge in [-0.25, -0.2) is 0 Å². The van der Waals surface area contributed by atoms with E-state index in [4.69, 9.17) is 0 Å². The van der Waals surface area contributed by atoms with Crippen LogP contribution >= 0.6 is 27.7 Å². The predicted octanol–water partition coefficient (Wildman–Crippen LogP) is 5.82. The monoisotopic (exact) mass is 517 g/mol. The molecule has 33 heavy (non-hydrogen) atoms. The molecule has 3 aromatic carbocycles. The maximum Gasteiger partial charge on any atom is 0.269 e. The van der Waals surface area contributed by atoms with Crippen LogP contribution < -0.4 is 10.2 Å². The SMILES string of the molecule is Cc1cccc(CC2S/C(=C(/C#N)C(=O)Nc3ccc(Br)cc3)N(c3ccccc3)C2=O)c1. The minimum Gasteiger partial charge on any atom is -0.321 e. The summed E-state index contributed by atoms with van der Waals surface area (Å²) in [7, 11) is 0. The number of rotatable bonds is 5. The standard InChI is InChI=1S/C26H20BrN3O2S/c1-17-6-5-7-18(14-17)15-23-25(32)30(21-8-3-2-4-9-21)26(33-23)22(16-28)24(31)29-20-12-10-19(27)11-13-20/h2-14,23H,15H2,1H3,(H,29,31)/b26-22-. The lowest BCUT2D eigenvalue weighted by Gasteiger charge is -2.18. The molecule has 1 aliphatic heterocycles. The number of benzene rings is 3. The van der Waals surface area contributed by atoms with Crippen molar-refractivity contribution in [2.45, 2.75) is 18.6 Å². The molecule has 2 amide bonds. The Bertz CT molecular complexity index is 1270. The van der Waals surface area contributed by atoms with E-state index in [1.54, 1.807) is 36.4 Å². The van der Waals surface area contributed by atoms with Gasteiger partial charge in [0.2, 0.25) is 5.91 Å². The van der Waals surface area contributed by atoms with Crippen LogP contribution in [-0.2, 0) is 16.0 Å². The van der Waals surface area contributed by atoms with E-state index in [1.807, 2.05) is 55.5 Å². The first-order chi connectivity index (χ1) is 16.0. The topological polar surface area (TPSA) is 73.2 Å². The molecule has 164 valence electrons. The highest BCUT2D eigenvalue weighted by molar-refractivity contribution is 9.10. The number of hydrogen-bond acceptors (Lipinski definition) is 4. The van der Waals surface area contributed by atoms with Gasteiger partial charge in [-0.3, -0.25) is 14.5 Å². The Morgan fingerprint density at radius 2 is 1.82 bits per heavy atom. The second-order valence-electron chi connectivity index (χ2n) is 7.56. The summed E-state index contributed by atoms with van der Waals surface area (Å²) in [5.74, 6) is -0.695. The fraction of sp³-hybridized carbons (Fsp3) is 0.115. The molecule has 1 aliphatic rings. The third-order valence-corrected chi connectivity index (χ3v) is 6.92. The Balaban J connectivity index is 1.71. The number of carbonyl (C=O) groups is 2. The molecule has 0 spiro atoms. The van der Waals surface area contributed by atoms with Gasteiger partial charge in [-0.15, -0.1) is 0 Å². The molecule has 1 heterocycles. The van der Waals surface area contributed by atoms with Gasteiger partial charge in [0.05, 0.1) is 5.25 Å². The zero-order valence-corrected chi connectivity index (χ0v) is 20.2. The second-order valence-corrected chi connectivity index (χ2v) is 9.67. The lowest BCUT2D eigenvalue weighted by Crippen LogP contribution is -2.30. The van der Waals surface area contributed by atoms with E-state index in [0.717, 1.165) is 15.6 Å². The normalized spacial score (nSPS) is 16.9. The second kappa shape index (κ2) is 10.1. The van der Waals surface area contributed by atoms with Crippen LogP contribution in [0.25, 0.3) is 0 Å². The molecular weight excluding hydrogens is 498 g/mol. The largest absolute Gasteiger partial charge is 0.321 e. The van der Waals surface area contributed by atoms with Crippen LogP contribution in [0.2, 0.25) is 0 Å². The van der Waals surface area contributed by atoms with Gasteiger partial charge in [-0.1, -0.05) is 75.7 Å². The smallest absolute Gasteiger partial charge is 0.269 e. The molecule has 1 unspecified atom stereocenters. The molecule has 4 rings (SSSR count). The van der Waals surface area contributed by atoms with E-state index in [2.05, 4.69) is 21.2 Å². The summed E-state index contributed by atoms with van der Waals surface area (Å²) in [6.07, 6.45) is 0.505. The molecule has 3 aromatic rings. The molecule has 0 aromatic heterocycles. The molecule has 1 atom stereocenters. The minimum atomic E-state index is -0.549. The summed E-state index contributed by atoms with van der Waals surface area (Å²) in [6, 6.07) is 26.2. The highest BCUT2D eigenvalue weighted by Gasteiger charge is 2.40. The number of carbonyl (C=O) groups excluding carboxylic acids is 2. The molecule has 5 nitrogen and oxygen atoms in total. The Kier molecular flexibility index (Phi) is 6.97. The number of aryl methyl sites for hydroxylation is 1. The van der Waals surface area contributed by atoms with Gasteiger partial charge in [-0.05, 0) is 55.3 Å². The van der Waals surface area contributed by atoms with E-state index in [0.29, 0.717) is 22.8 Å². The summed E-state index contributed by atoms with van der Waals surface area (Å²) < 4.78 is 0.880. The third-order valence-electron chi connectivity index (χ3n) is 5.13. The van der Waals surface area contributed by atoms with Crippen molar-refractivity contribution in [3.05, 3.63) is 105 Å². The minimum absolute atomic E-state index is 0.0909. The molecule has 1 fully saturated rings.